The van der Waals surface area contributed by atoms with Crippen LogP contribution in [0.15, 0.2) is 10.5 Å². The van der Waals surface area contributed by atoms with Crippen LogP contribution < -0.4 is 0 Å². The Kier molecular flexibility index (Phi) is 6.18. The first-order chi connectivity index (χ1) is 7.50. The van der Waals surface area contributed by atoms with Crippen LogP contribution in [0.3, 0.4) is 0 Å². The molecular formula is C10H12BrClF2OS. The van der Waals surface area contributed by atoms with Gasteiger partial charge >= 0.3 is 0 Å². The maximum Gasteiger partial charge on any atom is 0.261 e. The summed E-state index contributed by atoms with van der Waals surface area (Å²) < 4.78 is 29.3. The zero-order chi connectivity index (χ0) is 12.1. The van der Waals surface area contributed by atoms with Crippen LogP contribution in [0.5, 0.6) is 0 Å². The molecule has 0 N–H and O–H groups in total. The van der Waals surface area contributed by atoms with Crippen molar-refractivity contribution in [1.82, 2.24) is 0 Å². The lowest BCUT2D eigenvalue weighted by Crippen LogP contribution is -2.06. The molecule has 1 atom stereocenters. The fraction of sp³-hybridized carbons (Fsp3) is 0.600. The second-order valence-corrected chi connectivity index (χ2v) is 5.96. The molecule has 0 radical (unpaired) electrons. The molecule has 1 aromatic rings. The largest absolute Gasteiger partial charge is 0.375 e. The van der Waals surface area contributed by atoms with Gasteiger partial charge in [-0.1, -0.05) is 0 Å². The maximum absolute atomic E-state index is 11.8. The molecule has 1 rings (SSSR count). The molecule has 0 saturated carbocycles. The van der Waals surface area contributed by atoms with Gasteiger partial charge in [-0.05, 0) is 35.3 Å². The molecule has 6 heteroatoms. The van der Waals surface area contributed by atoms with Crippen molar-refractivity contribution in [2.45, 2.75) is 25.1 Å². The third kappa shape index (κ3) is 4.65. The zero-order valence-corrected chi connectivity index (χ0v) is 11.8. The van der Waals surface area contributed by atoms with Crippen molar-refractivity contribution in [3.8, 4) is 0 Å². The number of hydrogen-bond donors (Lipinski definition) is 0. The van der Waals surface area contributed by atoms with Crippen LogP contribution in [-0.2, 0) is 4.74 Å². The Morgan fingerprint density at radius 1 is 1.56 bits per heavy atom. The SMILES string of the molecule is Cc1cc(Br)c(C(Cl)CCOCC(F)F)s1. The number of ether oxygens (including phenoxy) is 1. The summed E-state index contributed by atoms with van der Waals surface area (Å²) in [5.74, 6) is 0. The Hall–Kier alpha value is 0.290. The van der Waals surface area contributed by atoms with E-state index in [4.69, 9.17) is 16.3 Å². The predicted molar refractivity (Wildman–Crippen MR) is 66.8 cm³/mol. The molecule has 1 aromatic heterocycles. The fourth-order valence-corrected chi connectivity index (χ4v) is 3.62. The molecule has 0 amide bonds. The number of rotatable bonds is 6. The first-order valence-electron chi connectivity index (χ1n) is 4.76. The molecule has 0 saturated heterocycles. The second-order valence-electron chi connectivity index (χ2n) is 3.29. The molecule has 0 aliphatic rings. The van der Waals surface area contributed by atoms with Crippen molar-refractivity contribution < 1.29 is 13.5 Å². The Bertz CT molecular complexity index is 333. The number of hydrogen-bond acceptors (Lipinski definition) is 2. The van der Waals surface area contributed by atoms with E-state index in [1.807, 2.05) is 13.0 Å². The van der Waals surface area contributed by atoms with Crippen molar-refractivity contribution in [3.63, 3.8) is 0 Å². The molecule has 0 spiro atoms. The molecule has 0 aliphatic heterocycles. The molecular weight excluding hydrogens is 322 g/mol. The van der Waals surface area contributed by atoms with Crippen molar-refractivity contribution in [1.29, 1.82) is 0 Å². The second kappa shape index (κ2) is 6.89. The summed E-state index contributed by atoms with van der Waals surface area (Å²) in [5.41, 5.74) is 0. The van der Waals surface area contributed by atoms with Gasteiger partial charge in [0, 0.05) is 20.8 Å². The molecule has 0 aromatic carbocycles. The molecule has 1 heterocycles. The van der Waals surface area contributed by atoms with Crippen LogP contribution in [0.4, 0.5) is 8.78 Å². The lowest BCUT2D eigenvalue weighted by atomic mass is 10.2. The van der Waals surface area contributed by atoms with Gasteiger partial charge in [-0.25, -0.2) is 8.78 Å². The number of aryl methyl sites for hydroxylation is 1. The van der Waals surface area contributed by atoms with Crippen LogP contribution in [0.1, 0.15) is 21.6 Å². The minimum atomic E-state index is -2.41. The van der Waals surface area contributed by atoms with Gasteiger partial charge in [0.1, 0.15) is 6.61 Å². The number of thiophene rings is 1. The zero-order valence-electron chi connectivity index (χ0n) is 8.68. The van der Waals surface area contributed by atoms with Crippen molar-refractivity contribution in [2.24, 2.45) is 0 Å². The summed E-state index contributed by atoms with van der Waals surface area (Å²) in [5, 5.41) is -0.189. The Labute approximate surface area is 111 Å². The number of alkyl halides is 3. The predicted octanol–water partition coefficient (Wildman–Crippen LogP) is 4.77. The van der Waals surface area contributed by atoms with E-state index in [2.05, 4.69) is 15.9 Å². The summed E-state index contributed by atoms with van der Waals surface area (Å²) >= 11 is 11.2. The first kappa shape index (κ1) is 14.4. The highest BCUT2D eigenvalue weighted by molar-refractivity contribution is 9.10. The highest BCUT2D eigenvalue weighted by atomic mass is 79.9. The summed E-state index contributed by atoms with van der Waals surface area (Å²) in [4.78, 5) is 2.20. The standard InChI is InChI=1S/C10H12BrClF2OS/c1-6-4-7(11)10(16-6)8(12)2-3-15-5-9(13)14/h4,8-9H,2-3,5H2,1H3. The molecule has 16 heavy (non-hydrogen) atoms. The van der Waals surface area contributed by atoms with Crippen LogP contribution in [-0.4, -0.2) is 19.6 Å². The Balaban J connectivity index is 2.35. The quantitative estimate of drug-likeness (QED) is 0.538. The maximum atomic E-state index is 11.8. The van der Waals surface area contributed by atoms with Crippen molar-refractivity contribution >= 4 is 38.9 Å². The van der Waals surface area contributed by atoms with E-state index in [-0.39, 0.29) is 12.0 Å². The molecule has 1 nitrogen and oxygen atoms in total. The van der Waals surface area contributed by atoms with E-state index in [0.717, 1.165) is 9.35 Å². The van der Waals surface area contributed by atoms with Crippen LogP contribution in [0, 0.1) is 6.92 Å². The summed E-state index contributed by atoms with van der Waals surface area (Å²) in [7, 11) is 0. The van der Waals surface area contributed by atoms with E-state index >= 15 is 0 Å². The van der Waals surface area contributed by atoms with Crippen LogP contribution in [0.2, 0.25) is 0 Å². The van der Waals surface area contributed by atoms with Gasteiger partial charge in [0.05, 0.1) is 5.38 Å². The van der Waals surface area contributed by atoms with Crippen molar-refractivity contribution in [2.75, 3.05) is 13.2 Å². The van der Waals surface area contributed by atoms with Gasteiger partial charge in [-0.3, -0.25) is 0 Å². The average molecular weight is 334 g/mol. The van der Waals surface area contributed by atoms with E-state index in [1.54, 1.807) is 11.3 Å². The lowest BCUT2D eigenvalue weighted by Gasteiger charge is -2.08. The minimum absolute atomic E-state index is 0.189. The highest BCUT2D eigenvalue weighted by Crippen LogP contribution is 2.37. The van der Waals surface area contributed by atoms with Gasteiger partial charge in [0.2, 0.25) is 0 Å². The topological polar surface area (TPSA) is 9.23 Å². The smallest absolute Gasteiger partial charge is 0.261 e. The molecule has 1 unspecified atom stereocenters. The average Bonchev–Trinajstić information content (AvgIpc) is 2.52. The molecule has 0 fully saturated rings. The Morgan fingerprint density at radius 3 is 2.75 bits per heavy atom. The molecule has 92 valence electrons. The van der Waals surface area contributed by atoms with E-state index in [0.29, 0.717) is 6.42 Å². The Morgan fingerprint density at radius 2 is 2.25 bits per heavy atom. The third-order valence-corrected chi connectivity index (χ3v) is 4.53. The van der Waals surface area contributed by atoms with Gasteiger partial charge < -0.3 is 4.74 Å². The summed E-state index contributed by atoms with van der Waals surface area (Å²) in [6.45, 7) is 1.73. The lowest BCUT2D eigenvalue weighted by molar-refractivity contribution is 0.0165. The summed E-state index contributed by atoms with van der Waals surface area (Å²) in [6.07, 6.45) is -1.88. The molecule has 0 aliphatic carbocycles. The van der Waals surface area contributed by atoms with Crippen molar-refractivity contribution in [3.05, 3.63) is 20.3 Å². The van der Waals surface area contributed by atoms with Gasteiger partial charge in [-0.2, -0.15) is 0 Å². The van der Waals surface area contributed by atoms with E-state index in [1.165, 1.54) is 4.88 Å². The normalized spacial score (nSPS) is 13.4. The highest BCUT2D eigenvalue weighted by Gasteiger charge is 2.14. The van der Waals surface area contributed by atoms with E-state index in [9.17, 15) is 8.78 Å². The number of halogens is 4. The van der Waals surface area contributed by atoms with Gasteiger partial charge in [0.25, 0.3) is 6.43 Å². The fourth-order valence-electron chi connectivity index (χ4n) is 1.21. The van der Waals surface area contributed by atoms with Gasteiger partial charge in [0.15, 0.2) is 0 Å². The summed E-state index contributed by atoms with van der Waals surface area (Å²) in [6, 6.07) is 2.00. The van der Waals surface area contributed by atoms with E-state index < -0.39 is 13.0 Å². The van der Waals surface area contributed by atoms with Gasteiger partial charge in [-0.15, -0.1) is 22.9 Å². The molecule has 0 bridgehead atoms. The van der Waals surface area contributed by atoms with Crippen LogP contribution >= 0.6 is 38.9 Å². The van der Waals surface area contributed by atoms with Crippen LogP contribution in [0.25, 0.3) is 0 Å². The monoisotopic (exact) mass is 332 g/mol. The minimum Gasteiger partial charge on any atom is -0.375 e. The first-order valence-corrected chi connectivity index (χ1v) is 6.81. The third-order valence-electron chi connectivity index (χ3n) is 1.88.